The Morgan fingerprint density at radius 3 is 1.48 bits per heavy atom. The van der Waals surface area contributed by atoms with Gasteiger partial charge in [0.15, 0.2) is 0 Å². The number of nitrogens with zero attached hydrogens (tertiary/aromatic N) is 2. The van der Waals surface area contributed by atoms with Gasteiger partial charge in [-0.25, -0.2) is 0 Å². The van der Waals surface area contributed by atoms with E-state index in [0.717, 1.165) is 60.8 Å². The summed E-state index contributed by atoms with van der Waals surface area (Å²) in [7, 11) is 0. The van der Waals surface area contributed by atoms with E-state index in [1.54, 1.807) is 0 Å². The van der Waals surface area contributed by atoms with Crippen LogP contribution in [0, 0.1) is 21.3 Å². The first-order valence-corrected chi connectivity index (χ1v) is 17.2. The molecule has 3 rings (SSSR count). The van der Waals surface area contributed by atoms with Crippen LogP contribution in [0.1, 0.15) is 153 Å². The van der Waals surface area contributed by atoms with Crippen molar-refractivity contribution in [2.24, 2.45) is 9.98 Å². The summed E-state index contributed by atoms with van der Waals surface area (Å²) in [5, 5.41) is 37.1. The van der Waals surface area contributed by atoms with Gasteiger partial charge in [0.25, 0.3) is 0 Å². The van der Waals surface area contributed by atoms with Crippen LogP contribution >= 0.6 is 0 Å². The smallest absolute Gasteiger partial charge is 0.314 e. The van der Waals surface area contributed by atoms with Gasteiger partial charge in [-0.1, -0.05) is 99.6 Å². The fraction of sp³-hybridized carbons (Fsp3) is 0.585. The third-order valence-electron chi connectivity index (χ3n) is 9.19. The van der Waals surface area contributed by atoms with Crippen molar-refractivity contribution < 1.29 is 47.4 Å². The van der Waals surface area contributed by atoms with Gasteiger partial charge in [0.1, 0.15) is 17.9 Å². The monoisotopic (exact) mass is 733 g/mol. The zero-order valence-electron chi connectivity index (χ0n) is 31.3. The fourth-order valence-electron chi connectivity index (χ4n) is 6.06. The van der Waals surface area contributed by atoms with Crippen molar-refractivity contribution in [1.29, 1.82) is 0 Å². The number of aliphatic carboxylic acids is 2. The molecule has 1 saturated carbocycles. The van der Waals surface area contributed by atoms with Crippen LogP contribution in [0.4, 0.5) is 0 Å². The Morgan fingerprint density at radius 1 is 0.760 bits per heavy atom. The average molecular weight is 734 g/mol. The van der Waals surface area contributed by atoms with Crippen LogP contribution in [-0.2, 0) is 37.8 Å². The molecule has 50 heavy (non-hydrogen) atoms. The SMILES string of the molecule is C.CCCCC(C)(CCCC)c1cc(C)c(O)c(C=NC2CCCCC2N=Cc2cc(C(C)(C)C)cc(C)c2O)c1.O=C(O)CC(=O)O.[CH3-].[Cr]. The van der Waals surface area contributed by atoms with E-state index in [-0.39, 0.29) is 55.1 Å². The maximum Gasteiger partial charge on any atom is 0.314 e. The van der Waals surface area contributed by atoms with E-state index in [2.05, 4.69) is 65.8 Å². The Bertz CT molecular complexity index is 1390. The number of carboxylic acid groups (broad SMARTS) is 2. The summed E-state index contributed by atoms with van der Waals surface area (Å²) < 4.78 is 0. The van der Waals surface area contributed by atoms with Crippen molar-refractivity contribution in [1.82, 2.24) is 0 Å². The summed E-state index contributed by atoms with van der Waals surface area (Å²) >= 11 is 0. The van der Waals surface area contributed by atoms with Crippen LogP contribution in [0.3, 0.4) is 0 Å². The van der Waals surface area contributed by atoms with Crippen molar-refractivity contribution in [3.63, 3.8) is 0 Å². The maximum atomic E-state index is 11.0. The summed E-state index contributed by atoms with van der Waals surface area (Å²) in [5.41, 5.74) is 5.99. The van der Waals surface area contributed by atoms with Crippen LogP contribution in [-0.4, -0.2) is 56.9 Å². The topological polar surface area (TPSA) is 140 Å². The van der Waals surface area contributed by atoms with Gasteiger partial charge in [-0.3, -0.25) is 19.6 Å². The quantitative estimate of drug-likeness (QED) is 0.0918. The number of aliphatic imine (C=N–C) groups is 2. The van der Waals surface area contributed by atoms with Crippen LogP contribution in [0.5, 0.6) is 11.5 Å². The number of carboxylic acids is 2. The predicted octanol–water partition coefficient (Wildman–Crippen LogP) is 10.1. The summed E-state index contributed by atoms with van der Waals surface area (Å²) in [6.07, 6.45) is 14.3. The van der Waals surface area contributed by atoms with E-state index in [0.29, 0.717) is 11.5 Å². The molecule has 2 atom stereocenters. The zero-order valence-corrected chi connectivity index (χ0v) is 32.6. The number of rotatable bonds is 13. The second-order valence-corrected chi connectivity index (χ2v) is 14.4. The van der Waals surface area contributed by atoms with Gasteiger partial charge >= 0.3 is 11.9 Å². The number of aryl methyl sites for hydroxylation is 2. The molecule has 0 amide bonds. The Balaban J connectivity index is 0. The number of aromatic hydroxyl groups is 2. The zero-order chi connectivity index (χ0) is 35.4. The third kappa shape index (κ3) is 15.0. The van der Waals surface area contributed by atoms with Crippen molar-refractivity contribution >= 4 is 24.4 Å². The van der Waals surface area contributed by atoms with Gasteiger partial charge in [0, 0.05) is 40.9 Å². The van der Waals surface area contributed by atoms with Crippen LogP contribution in [0.2, 0.25) is 0 Å². The minimum absolute atomic E-state index is 0. The van der Waals surface area contributed by atoms with Gasteiger partial charge in [-0.05, 0) is 84.7 Å². The molecule has 1 fully saturated rings. The van der Waals surface area contributed by atoms with Crippen molar-refractivity contribution in [2.75, 3.05) is 0 Å². The second kappa shape index (κ2) is 22.6. The summed E-state index contributed by atoms with van der Waals surface area (Å²) in [6.45, 7) is 17.4. The predicted molar refractivity (Wildman–Crippen MR) is 205 cm³/mol. The van der Waals surface area contributed by atoms with Crippen molar-refractivity contribution in [2.45, 2.75) is 156 Å². The molecule has 1 aliphatic rings. The Morgan fingerprint density at radius 2 is 1.14 bits per heavy atom. The number of hydrogen-bond donors (Lipinski definition) is 4. The molecule has 1 aliphatic carbocycles. The van der Waals surface area contributed by atoms with E-state index in [9.17, 15) is 19.8 Å². The van der Waals surface area contributed by atoms with Crippen LogP contribution in [0.15, 0.2) is 34.3 Å². The average Bonchev–Trinajstić information content (AvgIpc) is 2.99. The maximum absolute atomic E-state index is 11.0. The van der Waals surface area contributed by atoms with Gasteiger partial charge in [-0.2, -0.15) is 0 Å². The third-order valence-corrected chi connectivity index (χ3v) is 9.19. The molecule has 4 N–H and O–H groups in total. The molecule has 282 valence electrons. The molecule has 2 aromatic rings. The van der Waals surface area contributed by atoms with Gasteiger partial charge in [-0.15, -0.1) is 0 Å². The molecule has 0 radical (unpaired) electrons. The molecule has 2 unspecified atom stereocenters. The number of carbonyl (C=O) groups is 2. The Hall–Kier alpha value is -3.15. The first-order chi connectivity index (χ1) is 22.0. The first kappa shape index (κ1) is 49.0. The molecule has 0 spiro atoms. The summed E-state index contributed by atoms with van der Waals surface area (Å²) in [5.74, 6) is -1.99. The molecule has 9 heteroatoms. The standard InChI is InChI=1S/C36H54N2O2.C3H4O4.CH4.CH3.Cr/c1-9-11-17-36(8,18-12-10-2)30-20-26(4)34(40)28(22-30)24-38-32-16-14-13-15-31(32)37-23-27-21-29(35(5,6)7)19-25(3)33(27)39;4-2(5)1-3(6)7;;;/h19-24,31-32,39-40H,9-18H2,1-8H3;1H2,(H,4,5)(H,6,7);1H4;1H3;/q;;;-1;. The normalized spacial score (nSPS) is 16.1. The molecule has 8 nitrogen and oxygen atoms in total. The number of hydrogen-bond acceptors (Lipinski definition) is 6. The number of unbranched alkanes of at least 4 members (excludes halogenated alkanes) is 2. The van der Waals surface area contributed by atoms with E-state index < -0.39 is 18.4 Å². The van der Waals surface area contributed by atoms with Gasteiger partial charge < -0.3 is 27.9 Å². The molecule has 0 bridgehead atoms. The van der Waals surface area contributed by atoms with Crippen molar-refractivity contribution in [3.8, 4) is 11.5 Å². The van der Waals surface area contributed by atoms with Gasteiger partial charge in [0.05, 0.1) is 12.1 Å². The second-order valence-electron chi connectivity index (χ2n) is 14.4. The largest absolute Gasteiger partial charge is 0.507 e. The number of phenols is 2. The van der Waals surface area contributed by atoms with E-state index in [1.807, 2.05) is 26.3 Å². The molecule has 2 aromatic carbocycles. The van der Waals surface area contributed by atoms with Crippen LogP contribution < -0.4 is 0 Å². The number of benzene rings is 2. The van der Waals surface area contributed by atoms with Crippen molar-refractivity contribution in [3.05, 3.63) is 65.1 Å². The first-order valence-electron chi connectivity index (χ1n) is 17.2. The minimum atomic E-state index is -1.31. The Kier molecular flexibility index (Phi) is 22.2. The summed E-state index contributed by atoms with van der Waals surface area (Å²) in [6, 6.07) is 8.62. The van der Waals surface area contributed by atoms with E-state index >= 15 is 0 Å². The summed E-state index contributed by atoms with van der Waals surface area (Å²) in [4.78, 5) is 28.9. The fourth-order valence-corrected chi connectivity index (χ4v) is 6.06. The van der Waals surface area contributed by atoms with E-state index in [4.69, 9.17) is 20.2 Å². The molecule has 0 aliphatic heterocycles. The molecule has 0 aromatic heterocycles. The molecule has 0 heterocycles. The van der Waals surface area contributed by atoms with Gasteiger partial charge in [0.2, 0.25) is 0 Å². The van der Waals surface area contributed by atoms with Crippen LogP contribution in [0.25, 0.3) is 0 Å². The minimum Gasteiger partial charge on any atom is -0.507 e. The number of phenolic OH excluding ortho intramolecular Hbond substituents is 2. The Labute approximate surface area is 313 Å². The van der Waals surface area contributed by atoms with E-state index in [1.165, 1.54) is 36.8 Å². The molecular weight excluding hydrogens is 668 g/mol. The molecular formula is C41H65CrN2O6-. The molecule has 0 saturated heterocycles.